The molecule has 0 aliphatic heterocycles. The fourth-order valence-electron chi connectivity index (χ4n) is 10.5. The Morgan fingerprint density at radius 2 is 0.860 bits per heavy atom. The lowest BCUT2D eigenvalue weighted by Gasteiger charge is -2.34. The maximum atomic E-state index is 2.56. The Morgan fingerprint density at radius 3 is 1.47 bits per heavy atom. The SMILES string of the molecule is CC(C)(C)c1cc(N(c2ccc(-c3ccccc3)cc2)c2ccc3c(c2)C(C)(C)c2ccccc2-3)c2c(c1)C1(c3ccccc3-c3ccccc31)c1ccccc1-2. The molecule has 0 saturated heterocycles. The van der Waals surface area contributed by atoms with Crippen LogP contribution in [0.15, 0.2) is 182 Å². The first-order valence-electron chi connectivity index (χ1n) is 20.4. The minimum absolute atomic E-state index is 0.109. The van der Waals surface area contributed by atoms with Gasteiger partial charge in [-0.25, -0.2) is 0 Å². The molecule has 274 valence electrons. The van der Waals surface area contributed by atoms with Crippen LogP contribution < -0.4 is 4.90 Å². The van der Waals surface area contributed by atoms with Crippen LogP contribution in [0.2, 0.25) is 0 Å². The van der Waals surface area contributed by atoms with Gasteiger partial charge in [-0.3, -0.25) is 0 Å². The van der Waals surface area contributed by atoms with E-state index in [1.807, 2.05) is 0 Å². The molecule has 0 N–H and O–H groups in total. The first-order valence-corrected chi connectivity index (χ1v) is 20.4. The van der Waals surface area contributed by atoms with Gasteiger partial charge in [0.25, 0.3) is 0 Å². The van der Waals surface area contributed by atoms with Crippen LogP contribution in [-0.4, -0.2) is 0 Å². The lowest BCUT2D eigenvalue weighted by atomic mass is 9.69. The van der Waals surface area contributed by atoms with Crippen molar-refractivity contribution in [3.05, 3.63) is 221 Å². The fourth-order valence-corrected chi connectivity index (χ4v) is 10.5. The van der Waals surface area contributed by atoms with E-state index in [-0.39, 0.29) is 10.8 Å². The zero-order valence-electron chi connectivity index (χ0n) is 33.3. The van der Waals surface area contributed by atoms with Crippen molar-refractivity contribution in [3.8, 4) is 44.5 Å². The number of anilines is 3. The topological polar surface area (TPSA) is 3.24 Å². The predicted octanol–water partition coefficient (Wildman–Crippen LogP) is 14.8. The van der Waals surface area contributed by atoms with Gasteiger partial charge in [0, 0.05) is 22.4 Å². The highest BCUT2D eigenvalue weighted by Gasteiger charge is 2.53. The molecule has 1 nitrogen and oxygen atoms in total. The predicted molar refractivity (Wildman–Crippen MR) is 239 cm³/mol. The van der Waals surface area contributed by atoms with E-state index in [0.29, 0.717) is 0 Å². The average molecular weight is 732 g/mol. The molecular weight excluding hydrogens is 687 g/mol. The van der Waals surface area contributed by atoms with Crippen LogP contribution in [0.1, 0.15) is 73.6 Å². The van der Waals surface area contributed by atoms with Gasteiger partial charge in [-0.1, -0.05) is 186 Å². The summed E-state index contributed by atoms with van der Waals surface area (Å²) < 4.78 is 0. The molecule has 0 amide bonds. The first-order chi connectivity index (χ1) is 27.7. The molecular formula is C56H45N. The zero-order valence-corrected chi connectivity index (χ0v) is 33.3. The molecule has 0 heterocycles. The van der Waals surface area contributed by atoms with Crippen LogP contribution in [-0.2, 0) is 16.2 Å². The molecule has 8 aromatic carbocycles. The number of benzene rings is 8. The second kappa shape index (κ2) is 12.0. The van der Waals surface area contributed by atoms with Gasteiger partial charge in [0.1, 0.15) is 0 Å². The number of hydrogen-bond acceptors (Lipinski definition) is 1. The third-order valence-electron chi connectivity index (χ3n) is 13.2. The van der Waals surface area contributed by atoms with Crippen LogP contribution in [0.4, 0.5) is 17.1 Å². The van der Waals surface area contributed by atoms with E-state index in [4.69, 9.17) is 0 Å². The van der Waals surface area contributed by atoms with Crippen LogP contribution >= 0.6 is 0 Å². The minimum atomic E-state index is -0.445. The van der Waals surface area contributed by atoms with Gasteiger partial charge in [-0.15, -0.1) is 0 Å². The molecule has 0 saturated carbocycles. The van der Waals surface area contributed by atoms with E-state index in [9.17, 15) is 0 Å². The summed E-state index contributed by atoms with van der Waals surface area (Å²) >= 11 is 0. The molecule has 0 unspecified atom stereocenters. The third-order valence-corrected chi connectivity index (χ3v) is 13.2. The number of nitrogens with zero attached hydrogens (tertiary/aromatic N) is 1. The average Bonchev–Trinajstić information content (AvgIpc) is 3.80. The Balaban J connectivity index is 1.23. The quantitative estimate of drug-likeness (QED) is 0.174. The summed E-state index contributed by atoms with van der Waals surface area (Å²) in [5, 5.41) is 0. The summed E-state index contributed by atoms with van der Waals surface area (Å²) in [6, 6.07) is 68.6. The lowest BCUT2D eigenvalue weighted by molar-refractivity contribution is 0.588. The van der Waals surface area contributed by atoms with Gasteiger partial charge >= 0.3 is 0 Å². The standard InChI is InChI=1S/C56H45N/c1-54(2,3)38-33-51-53(45-22-12-16-26-49(45)56(51)47-24-14-10-20-42(47)43-21-11-15-25-48(43)56)52(34-38)57(39-29-27-37(28-30-39)36-17-7-6-8-18-36)40-31-32-44-41-19-9-13-23-46(41)55(4,5)50(44)35-40/h6-35H,1-5H3. The Bertz CT molecular complexity index is 2860. The Kier molecular flexibility index (Phi) is 7.15. The van der Waals surface area contributed by atoms with Crippen molar-refractivity contribution < 1.29 is 0 Å². The van der Waals surface area contributed by atoms with Crippen molar-refractivity contribution in [1.82, 2.24) is 0 Å². The highest BCUT2D eigenvalue weighted by Crippen LogP contribution is 2.65. The van der Waals surface area contributed by atoms with Crippen molar-refractivity contribution >= 4 is 17.1 Å². The summed E-state index contributed by atoms with van der Waals surface area (Å²) in [7, 11) is 0. The van der Waals surface area contributed by atoms with Crippen molar-refractivity contribution in [2.45, 2.75) is 50.9 Å². The molecule has 0 aromatic heterocycles. The first kappa shape index (κ1) is 33.9. The van der Waals surface area contributed by atoms with Crippen molar-refractivity contribution in [2.24, 2.45) is 0 Å². The molecule has 0 atom stereocenters. The number of rotatable bonds is 4. The minimum Gasteiger partial charge on any atom is -0.310 e. The van der Waals surface area contributed by atoms with Gasteiger partial charge in [-0.05, 0) is 114 Å². The zero-order chi connectivity index (χ0) is 38.7. The van der Waals surface area contributed by atoms with Crippen molar-refractivity contribution in [1.29, 1.82) is 0 Å². The molecule has 11 rings (SSSR count). The summed E-state index contributed by atoms with van der Waals surface area (Å²) in [5.74, 6) is 0. The molecule has 0 bridgehead atoms. The normalized spacial score (nSPS) is 14.7. The van der Waals surface area contributed by atoms with E-state index in [1.54, 1.807) is 0 Å². The molecule has 3 aliphatic carbocycles. The highest BCUT2D eigenvalue weighted by molar-refractivity contribution is 6.02. The Labute approximate surface area is 336 Å². The second-order valence-corrected chi connectivity index (χ2v) is 17.7. The second-order valence-electron chi connectivity index (χ2n) is 17.7. The van der Waals surface area contributed by atoms with Crippen LogP contribution in [0.3, 0.4) is 0 Å². The fraction of sp³-hybridized carbons (Fsp3) is 0.143. The molecule has 8 aromatic rings. The number of fused-ring (bicyclic) bond motifs is 13. The van der Waals surface area contributed by atoms with Crippen LogP contribution in [0, 0.1) is 0 Å². The molecule has 1 heteroatoms. The van der Waals surface area contributed by atoms with E-state index < -0.39 is 5.41 Å². The molecule has 0 radical (unpaired) electrons. The van der Waals surface area contributed by atoms with Crippen molar-refractivity contribution in [3.63, 3.8) is 0 Å². The van der Waals surface area contributed by atoms with Crippen molar-refractivity contribution in [2.75, 3.05) is 4.90 Å². The largest absolute Gasteiger partial charge is 0.310 e. The summed E-state index contributed by atoms with van der Waals surface area (Å²) in [6.07, 6.45) is 0. The van der Waals surface area contributed by atoms with Gasteiger partial charge in [0.2, 0.25) is 0 Å². The monoisotopic (exact) mass is 731 g/mol. The van der Waals surface area contributed by atoms with E-state index in [2.05, 4.69) is 222 Å². The summed E-state index contributed by atoms with van der Waals surface area (Å²) in [6.45, 7) is 11.8. The third kappa shape index (κ3) is 4.69. The van der Waals surface area contributed by atoms with E-state index in [1.165, 1.54) is 94.8 Å². The van der Waals surface area contributed by atoms with Gasteiger partial charge in [0.05, 0.1) is 11.1 Å². The lowest BCUT2D eigenvalue weighted by Crippen LogP contribution is -2.27. The van der Waals surface area contributed by atoms with Gasteiger partial charge in [0.15, 0.2) is 0 Å². The summed E-state index contributed by atoms with van der Waals surface area (Å²) in [5.41, 5.74) is 22.7. The smallest absolute Gasteiger partial charge is 0.0726 e. The van der Waals surface area contributed by atoms with E-state index >= 15 is 0 Å². The maximum absolute atomic E-state index is 2.56. The Hall–Kier alpha value is -6.44. The van der Waals surface area contributed by atoms with Gasteiger partial charge < -0.3 is 4.90 Å². The summed E-state index contributed by atoms with van der Waals surface area (Å²) in [4.78, 5) is 2.56. The molecule has 57 heavy (non-hydrogen) atoms. The maximum Gasteiger partial charge on any atom is 0.0726 e. The molecule has 3 aliphatic rings. The van der Waals surface area contributed by atoms with Crippen LogP contribution in [0.5, 0.6) is 0 Å². The van der Waals surface area contributed by atoms with Crippen LogP contribution in [0.25, 0.3) is 44.5 Å². The Morgan fingerprint density at radius 1 is 0.386 bits per heavy atom. The highest BCUT2D eigenvalue weighted by atomic mass is 15.1. The number of hydrogen-bond donors (Lipinski definition) is 0. The molecule has 1 spiro atoms. The van der Waals surface area contributed by atoms with Gasteiger partial charge in [-0.2, -0.15) is 0 Å². The molecule has 0 fully saturated rings. The van der Waals surface area contributed by atoms with E-state index in [0.717, 1.165) is 5.69 Å².